The number of hydrogen-bond acceptors (Lipinski definition) is 10. The molecule has 0 atom stereocenters. The molecule has 13 nitrogen and oxygen atoms in total. The SMILES string of the molecule is CC(=O)N[C@]1(CN)CNCCNC[C@](CN)(NC(=O)CCCC(=O)NCCCN)CNCCNC1. The smallest absolute Gasteiger partial charge is 0.220 e. The second kappa shape index (κ2) is 17.5. The van der Waals surface area contributed by atoms with Gasteiger partial charge in [0.15, 0.2) is 0 Å². The van der Waals surface area contributed by atoms with Crippen LogP contribution in [0.2, 0.25) is 0 Å². The van der Waals surface area contributed by atoms with Crippen LogP contribution in [0.3, 0.4) is 0 Å². The van der Waals surface area contributed by atoms with Gasteiger partial charge < -0.3 is 54.4 Å². The van der Waals surface area contributed by atoms with Gasteiger partial charge in [0.2, 0.25) is 17.7 Å². The molecule has 35 heavy (non-hydrogen) atoms. The van der Waals surface area contributed by atoms with Crippen molar-refractivity contribution in [3.63, 3.8) is 0 Å². The average Bonchev–Trinajstić information content (AvgIpc) is 2.82. The zero-order chi connectivity index (χ0) is 26.0. The van der Waals surface area contributed by atoms with Gasteiger partial charge in [-0.05, 0) is 19.4 Å². The van der Waals surface area contributed by atoms with Crippen molar-refractivity contribution in [2.24, 2.45) is 17.2 Å². The first-order valence-corrected chi connectivity index (χ1v) is 12.6. The first-order chi connectivity index (χ1) is 16.8. The molecular weight excluding hydrogens is 452 g/mol. The van der Waals surface area contributed by atoms with E-state index in [1.807, 2.05) is 0 Å². The Hall–Kier alpha value is -1.87. The minimum Gasteiger partial charge on any atom is -0.356 e. The Balaban J connectivity index is 2.59. The van der Waals surface area contributed by atoms with E-state index in [4.69, 9.17) is 17.2 Å². The molecular formula is C22H48N10O3. The Bertz CT molecular complexity index is 619. The number of amides is 3. The Labute approximate surface area is 209 Å². The molecule has 0 aromatic heterocycles. The van der Waals surface area contributed by atoms with Gasteiger partial charge in [0.05, 0.1) is 11.1 Å². The van der Waals surface area contributed by atoms with E-state index in [2.05, 4.69) is 37.2 Å². The molecule has 0 aliphatic carbocycles. The van der Waals surface area contributed by atoms with Crippen LogP contribution < -0.4 is 54.4 Å². The van der Waals surface area contributed by atoms with Gasteiger partial charge in [-0.25, -0.2) is 0 Å². The summed E-state index contributed by atoms with van der Waals surface area (Å²) in [6.07, 6.45) is 1.75. The van der Waals surface area contributed by atoms with Gasteiger partial charge in [0, 0.05) is 91.8 Å². The third-order valence-corrected chi connectivity index (χ3v) is 5.95. The van der Waals surface area contributed by atoms with Crippen LogP contribution in [-0.4, -0.2) is 107 Å². The lowest BCUT2D eigenvalue weighted by molar-refractivity contribution is -0.124. The lowest BCUT2D eigenvalue weighted by Crippen LogP contribution is -2.66. The van der Waals surface area contributed by atoms with Crippen LogP contribution in [0.25, 0.3) is 0 Å². The Morgan fingerprint density at radius 2 is 1.17 bits per heavy atom. The molecule has 1 heterocycles. The number of nitrogens with one attached hydrogen (secondary N) is 7. The molecule has 204 valence electrons. The summed E-state index contributed by atoms with van der Waals surface area (Å²) < 4.78 is 0. The highest BCUT2D eigenvalue weighted by Crippen LogP contribution is 2.05. The van der Waals surface area contributed by atoms with E-state index in [0.29, 0.717) is 84.8 Å². The molecule has 1 fully saturated rings. The minimum atomic E-state index is -0.651. The molecule has 0 radical (unpaired) electrons. The van der Waals surface area contributed by atoms with Crippen LogP contribution in [0, 0.1) is 0 Å². The number of carbonyl (C=O) groups excluding carboxylic acids is 3. The highest BCUT2D eigenvalue weighted by molar-refractivity contribution is 5.79. The molecule has 1 aliphatic rings. The molecule has 0 saturated carbocycles. The van der Waals surface area contributed by atoms with Crippen molar-refractivity contribution in [2.45, 2.75) is 43.7 Å². The van der Waals surface area contributed by atoms with E-state index in [1.165, 1.54) is 6.92 Å². The molecule has 0 spiro atoms. The Morgan fingerprint density at radius 3 is 1.60 bits per heavy atom. The van der Waals surface area contributed by atoms with Crippen molar-refractivity contribution in [1.82, 2.24) is 37.2 Å². The lowest BCUT2D eigenvalue weighted by atomic mass is 9.98. The predicted molar refractivity (Wildman–Crippen MR) is 138 cm³/mol. The second-order valence-corrected chi connectivity index (χ2v) is 9.25. The van der Waals surface area contributed by atoms with Crippen LogP contribution in [0.4, 0.5) is 0 Å². The molecule has 0 aromatic rings. The molecule has 1 saturated heterocycles. The zero-order valence-electron chi connectivity index (χ0n) is 21.3. The van der Waals surface area contributed by atoms with E-state index in [0.717, 1.165) is 6.42 Å². The molecule has 1 rings (SSSR count). The summed E-state index contributed by atoms with van der Waals surface area (Å²) in [6, 6.07) is 0. The maximum Gasteiger partial charge on any atom is 0.220 e. The Kier molecular flexibility index (Phi) is 15.6. The topological polar surface area (TPSA) is 213 Å². The van der Waals surface area contributed by atoms with Gasteiger partial charge >= 0.3 is 0 Å². The van der Waals surface area contributed by atoms with Gasteiger partial charge in [0.25, 0.3) is 0 Å². The summed E-state index contributed by atoms with van der Waals surface area (Å²) >= 11 is 0. The van der Waals surface area contributed by atoms with Crippen LogP contribution in [0.15, 0.2) is 0 Å². The quantitative estimate of drug-likeness (QED) is 0.123. The summed E-state index contributed by atoms with van der Waals surface area (Å²) in [6.45, 7) is 7.80. The second-order valence-electron chi connectivity index (χ2n) is 9.25. The molecule has 0 aromatic carbocycles. The van der Waals surface area contributed by atoms with Crippen LogP contribution in [0.1, 0.15) is 32.6 Å². The number of hydrogen-bond donors (Lipinski definition) is 10. The third-order valence-electron chi connectivity index (χ3n) is 5.95. The number of carbonyl (C=O) groups is 3. The summed E-state index contributed by atoms with van der Waals surface area (Å²) in [4.78, 5) is 36.1. The van der Waals surface area contributed by atoms with Gasteiger partial charge in [-0.1, -0.05) is 0 Å². The van der Waals surface area contributed by atoms with Crippen molar-refractivity contribution in [3.8, 4) is 0 Å². The van der Waals surface area contributed by atoms with Gasteiger partial charge in [-0.3, -0.25) is 14.4 Å². The van der Waals surface area contributed by atoms with E-state index in [9.17, 15) is 14.4 Å². The van der Waals surface area contributed by atoms with E-state index in [1.54, 1.807) is 0 Å². The van der Waals surface area contributed by atoms with Crippen LogP contribution in [0.5, 0.6) is 0 Å². The monoisotopic (exact) mass is 500 g/mol. The lowest BCUT2D eigenvalue weighted by Gasteiger charge is -2.36. The van der Waals surface area contributed by atoms with Crippen LogP contribution in [-0.2, 0) is 14.4 Å². The first kappa shape index (κ1) is 31.2. The average molecular weight is 501 g/mol. The summed E-state index contributed by atoms with van der Waals surface area (Å²) in [7, 11) is 0. The van der Waals surface area contributed by atoms with Crippen molar-refractivity contribution in [3.05, 3.63) is 0 Å². The standard InChI is InChI=1S/C22H48N10O3/c1-18(33)31-21(12-24)14-26-8-10-28-16-22(13-25,17-29-11-9-27-15-21)32-20(35)5-2-4-19(34)30-7-3-6-23/h26-29H,2-17,23-25H2,1H3,(H,30,34)(H,31,33)(H,32,35)/t21-,22+. The molecule has 0 unspecified atom stereocenters. The largest absolute Gasteiger partial charge is 0.356 e. The fraction of sp³-hybridized carbons (Fsp3) is 0.864. The van der Waals surface area contributed by atoms with Gasteiger partial charge in [-0.2, -0.15) is 0 Å². The molecule has 3 amide bonds. The third kappa shape index (κ3) is 13.1. The van der Waals surface area contributed by atoms with E-state index < -0.39 is 11.1 Å². The zero-order valence-corrected chi connectivity index (χ0v) is 21.3. The van der Waals surface area contributed by atoms with Gasteiger partial charge in [0.1, 0.15) is 0 Å². The number of rotatable bonds is 11. The molecule has 1 aliphatic heterocycles. The maximum atomic E-state index is 12.6. The molecule has 13 N–H and O–H groups in total. The summed E-state index contributed by atoms with van der Waals surface area (Å²) in [5.41, 5.74) is 16.3. The van der Waals surface area contributed by atoms with E-state index >= 15 is 0 Å². The highest BCUT2D eigenvalue weighted by Gasteiger charge is 2.31. The first-order valence-electron chi connectivity index (χ1n) is 12.6. The predicted octanol–water partition coefficient (Wildman–Crippen LogP) is -4.36. The highest BCUT2D eigenvalue weighted by atomic mass is 16.2. The fourth-order valence-electron chi connectivity index (χ4n) is 3.92. The van der Waals surface area contributed by atoms with Crippen LogP contribution >= 0.6 is 0 Å². The van der Waals surface area contributed by atoms with Gasteiger partial charge in [-0.15, -0.1) is 0 Å². The van der Waals surface area contributed by atoms with E-state index in [-0.39, 0.29) is 30.7 Å². The summed E-state index contributed by atoms with van der Waals surface area (Å²) in [5.74, 6) is -0.320. The Morgan fingerprint density at radius 1 is 0.714 bits per heavy atom. The number of nitrogens with two attached hydrogens (primary N) is 3. The van der Waals surface area contributed by atoms with Crippen molar-refractivity contribution in [2.75, 3.05) is 78.5 Å². The van der Waals surface area contributed by atoms with Crippen molar-refractivity contribution >= 4 is 17.7 Å². The maximum absolute atomic E-state index is 12.6. The van der Waals surface area contributed by atoms with Crippen molar-refractivity contribution < 1.29 is 14.4 Å². The van der Waals surface area contributed by atoms with Crippen molar-refractivity contribution in [1.29, 1.82) is 0 Å². The fourth-order valence-corrected chi connectivity index (χ4v) is 3.92. The minimum absolute atomic E-state index is 0.0710. The molecule has 0 bridgehead atoms. The molecule has 13 heteroatoms. The normalized spacial score (nSPS) is 24.7. The summed E-state index contributed by atoms with van der Waals surface area (Å²) in [5, 5.41) is 22.3.